The Labute approximate surface area is 62.5 Å². The highest BCUT2D eigenvalue weighted by atomic mass is 32.2. The van der Waals surface area contributed by atoms with Gasteiger partial charge in [-0.15, -0.1) is 6.42 Å². The molecule has 0 bridgehead atoms. The lowest BCUT2D eigenvalue weighted by Crippen LogP contribution is -2.29. The van der Waals surface area contributed by atoms with Crippen LogP contribution in [0.1, 0.15) is 0 Å². The van der Waals surface area contributed by atoms with Crippen LogP contribution >= 0.6 is 0 Å². The first-order chi connectivity index (χ1) is 5.00. The molecule has 0 aliphatic heterocycles. The number of halogens is 2. The number of sulfonamides is 1. The molecular formula is C4H5F2NO3S. The van der Waals surface area contributed by atoms with E-state index in [0.717, 1.165) is 4.89 Å². The van der Waals surface area contributed by atoms with Gasteiger partial charge in [0.05, 0.1) is 0 Å². The zero-order valence-corrected chi connectivity index (χ0v) is 6.07. The molecule has 0 saturated heterocycles. The Bertz CT molecular complexity index is 243. The largest absolute Gasteiger partial charge is 0.352 e. The van der Waals surface area contributed by atoms with Crippen LogP contribution in [0.15, 0.2) is 0 Å². The van der Waals surface area contributed by atoms with Crippen LogP contribution in [-0.2, 0) is 14.9 Å². The second-order valence-corrected chi connectivity index (χ2v) is 2.99. The van der Waals surface area contributed by atoms with Crippen molar-refractivity contribution in [3.8, 4) is 12.3 Å². The van der Waals surface area contributed by atoms with Gasteiger partial charge in [0.25, 0.3) is 10.0 Å². The van der Waals surface area contributed by atoms with Gasteiger partial charge in [0.2, 0.25) is 0 Å². The lowest BCUT2D eigenvalue weighted by Gasteiger charge is -2.02. The van der Waals surface area contributed by atoms with E-state index in [1.54, 1.807) is 0 Å². The smallest absolute Gasteiger partial charge is 0.274 e. The molecule has 0 radical (unpaired) electrons. The van der Waals surface area contributed by atoms with E-state index in [9.17, 15) is 17.2 Å². The summed E-state index contributed by atoms with van der Waals surface area (Å²) < 4.78 is 43.2. The lowest BCUT2D eigenvalue weighted by atomic mass is 10.8. The van der Waals surface area contributed by atoms with E-state index in [0.29, 0.717) is 0 Å². The normalized spacial score (nSPS) is 11.5. The van der Waals surface area contributed by atoms with Gasteiger partial charge in [0.1, 0.15) is 6.61 Å². The van der Waals surface area contributed by atoms with Crippen molar-refractivity contribution in [3.05, 3.63) is 0 Å². The van der Waals surface area contributed by atoms with Crippen molar-refractivity contribution in [1.29, 1.82) is 0 Å². The van der Waals surface area contributed by atoms with Gasteiger partial charge in [-0.2, -0.15) is 8.78 Å². The SMILES string of the molecule is C#CCONS(=O)(=O)C(F)F. The van der Waals surface area contributed by atoms with E-state index in [1.165, 1.54) is 0 Å². The Hall–Kier alpha value is -0.710. The summed E-state index contributed by atoms with van der Waals surface area (Å²) in [6.45, 7) is -0.397. The quantitative estimate of drug-likeness (QED) is 0.371. The summed E-state index contributed by atoms with van der Waals surface area (Å²) in [7, 11) is -4.67. The van der Waals surface area contributed by atoms with Crippen molar-refractivity contribution in [3.63, 3.8) is 0 Å². The first-order valence-electron chi connectivity index (χ1n) is 2.34. The van der Waals surface area contributed by atoms with Crippen LogP contribution in [0.2, 0.25) is 0 Å². The maximum absolute atomic E-state index is 11.5. The van der Waals surface area contributed by atoms with Crippen LogP contribution in [0.5, 0.6) is 0 Å². The Morgan fingerprint density at radius 1 is 1.64 bits per heavy atom. The van der Waals surface area contributed by atoms with Crippen LogP contribution in [0, 0.1) is 12.3 Å². The van der Waals surface area contributed by atoms with Gasteiger partial charge < -0.3 is 0 Å². The predicted molar refractivity (Wildman–Crippen MR) is 32.8 cm³/mol. The number of alkyl halides is 2. The zero-order valence-electron chi connectivity index (χ0n) is 5.25. The highest BCUT2D eigenvalue weighted by Gasteiger charge is 2.23. The lowest BCUT2D eigenvalue weighted by molar-refractivity contribution is 0.113. The second-order valence-electron chi connectivity index (χ2n) is 1.38. The monoisotopic (exact) mass is 185 g/mol. The van der Waals surface area contributed by atoms with Gasteiger partial charge in [-0.3, -0.25) is 4.84 Å². The molecule has 0 heterocycles. The van der Waals surface area contributed by atoms with Gasteiger partial charge in [-0.25, -0.2) is 8.42 Å². The average Bonchev–Trinajstić information content (AvgIpc) is 1.88. The molecule has 0 amide bonds. The molecule has 0 aromatic rings. The van der Waals surface area contributed by atoms with Gasteiger partial charge in [-0.1, -0.05) is 10.8 Å². The average molecular weight is 185 g/mol. The maximum atomic E-state index is 11.5. The molecule has 0 aromatic carbocycles. The number of terminal acetylenes is 1. The van der Waals surface area contributed by atoms with E-state index in [-0.39, 0.29) is 0 Å². The molecule has 0 atom stereocenters. The van der Waals surface area contributed by atoms with Crippen LogP contribution < -0.4 is 4.89 Å². The fraction of sp³-hybridized carbons (Fsp3) is 0.500. The van der Waals surface area contributed by atoms with Gasteiger partial charge >= 0.3 is 5.76 Å². The van der Waals surface area contributed by atoms with Crippen LogP contribution in [0.4, 0.5) is 8.78 Å². The zero-order chi connectivity index (χ0) is 8.91. The summed E-state index contributed by atoms with van der Waals surface area (Å²) in [5.41, 5.74) is 0. The molecule has 0 aromatic heterocycles. The van der Waals surface area contributed by atoms with E-state index < -0.39 is 22.4 Å². The molecule has 0 aliphatic rings. The molecule has 0 rings (SSSR count). The van der Waals surface area contributed by atoms with Crippen molar-refractivity contribution >= 4 is 10.0 Å². The molecule has 7 heteroatoms. The molecule has 11 heavy (non-hydrogen) atoms. The predicted octanol–water partition coefficient (Wildman–Crippen LogP) is -0.307. The van der Waals surface area contributed by atoms with Gasteiger partial charge in [-0.05, 0) is 0 Å². The third-order valence-corrected chi connectivity index (χ3v) is 1.38. The molecule has 0 aliphatic carbocycles. The Morgan fingerprint density at radius 3 is 2.55 bits per heavy atom. The van der Waals surface area contributed by atoms with Crippen molar-refractivity contribution in [2.45, 2.75) is 5.76 Å². The Morgan fingerprint density at radius 2 is 2.18 bits per heavy atom. The molecular weight excluding hydrogens is 180 g/mol. The minimum absolute atomic E-state index is 0.397. The number of rotatable bonds is 4. The van der Waals surface area contributed by atoms with E-state index in [1.807, 2.05) is 5.92 Å². The summed E-state index contributed by atoms with van der Waals surface area (Å²) in [6.07, 6.45) is 4.64. The van der Waals surface area contributed by atoms with Crippen molar-refractivity contribution < 1.29 is 22.0 Å². The third kappa shape index (κ3) is 3.87. The number of hydrogen-bond donors (Lipinski definition) is 1. The van der Waals surface area contributed by atoms with Crippen LogP contribution in [0.3, 0.4) is 0 Å². The molecule has 64 valence electrons. The van der Waals surface area contributed by atoms with Crippen LogP contribution in [0.25, 0.3) is 0 Å². The highest BCUT2D eigenvalue weighted by Crippen LogP contribution is 2.00. The minimum Gasteiger partial charge on any atom is -0.274 e. The molecule has 1 N–H and O–H groups in total. The Kier molecular flexibility index (Phi) is 3.95. The topological polar surface area (TPSA) is 55.4 Å². The van der Waals surface area contributed by atoms with Crippen LogP contribution in [-0.4, -0.2) is 20.8 Å². The number of hydrogen-bond acceptors (Lipinski definition) is 3. The fourth-order valence-electron chi connectivity index (χ4n) is 0.190. The maximum Gasteiger partial charge on any atom is 0.352 e. The summed E-state index contributed by atoms with van der Waals surface area (Å²) in [6, 6.07) is 0. The molecule has 4 nitrogen and oxygen atoms in total. The fourth-order valence-corrected chi connectivity index (χ4v) is 0.486. The summed E-state index contributed by atoms with van der Waals surface area (Å²) in [5.74, 6) is -1.63. The second kappa shape index (κ2) is 4.23. The third-order valence-electron chi connectivity index (χ3n) is 0.565. The molecule has 0 saturated carbocycles. The Balaban J connectivity index is 3.87. The van der Waals surface area contributed by atoms with Crippen molar-refractivity contribution in [1.82, 2.24) is 4.89 Å². The molecule has 0 fully saturated rings. The highest BCUT2D eigenvalue weighted by molar-refractivity contribution is 7.89. The van der Waals surface area contributed by atoms with Crippen molar-refractivity contribution in [2.24, 2.45) is 0 Å². The van der Waals surface area contributed by atoms with Crippen molar-refractivity contribution in [2.75, 3.05) is 6.61 Å². The molecule has 0 unspecified atom stereocenters. The minimum atomic E-state index is -4.67. The van der Waals surface area contributed by atoms with E-state index in [4.69, 9.17) is 0 Å². The van der Waals surface area contributed by atoms with E-state index in [2.05, 4.69) is 11.3 Å². The van der Waals surface area contributed by atoms with E-state index >= 15 is 0 Å². The summed E-state index contributed by atoms with van der Waals surface area (Å²) >= 11 is 0. The summed E-state index contributed by atoms with van der Waals surface area (Å²) in [5, 5.41) is 0. The first kappa shape index (κ1) is 10.3. The molecule has 0 spiro atoms. The summed E-state index contributed by atoms with van der Waals surface area (Å²) in [4.78, 5) is 5.09. The first-order valence-corrected chi connectivity index (χ1v) is 3.89. The number of nitrogens with one attached hydrogen (secondary N) is 1. The van der Waals surface area contributed by atoms with Gasteiger partial charge in [0, 0.05) is 0 Å². The standard InChI is InChI=1S/C4H5F2NO3S/c1-2-3-10-7-11(8,9)4(5)6/h1,4,7H,3H2. The van der Waals surface area contributed by atoms with Gasteiger partial charge in [0.15, 0.2) is 0 Å².